The first-order valence-electron chi connectivity index (χ1n) is 12.0. The number of carbonyl (C=O) groups excluding carboxylic acids is 2. The molecule has 0 unspecified atom stereocenters. The molecule has 1 saturated heterocycles. The van der Waals surface area contributed by atoms with Gasteiger partial charge in [-0.3, -0.25) is 9.59 Å². The lowest BCUT2D eigenvalue weighted by Gasteiger charge is -2.31. The minimum absolute atomic E-state index is 0.0113. The summed E-state index contributed by atoms with van der Waals surface area (Å²) in [6, 6.07) is 21.0. The molecule has 1 aliphatic rings. The van der Waals surface area contributed by atoms with Crippen LogP contribution in [0.5, 0.6) is 5.75 Å². The summed E-state index contributed by atoms with van der Waals surface area (Å²) in [5, 5.41) is 7.72. The summed E-state index contributed by atoms with van der Waals surface area (Å²) in [4.78, 5) is 27.7. The molecule has 0 spiro atoms. The average molecular weight is 485 g/mol. The molecular formula is C28H28N4O4. The fourth-order valence-corrected chi connectivity index (χ4v) is 4.46. The zero-order valence-electron chi connectivity index (χ0n) is 20.3. The zero-order valence-corrected chi connectivity index (χ0v) is 20.3. The van der Waals surface area contributed by atoms with Crippen LogP contribution in [0.4, 0.5) is 0 Å². The molecule has 8 nitrogen and oxygen atoms in total. The van der Waals surface area contributed by atoms with Crippen molar-refractivity contribution in [3.8, 4) is 22.7 Å². The average Bonchev–Trinajstić information content (AvgIpc) is 3.56. The van der Waals surface area contributed by atoms with Crippen molar-refractivity contribution < 1.29 is 18.7 Å². The fraction of sp³-hybridized carbons (Fsp3) is 0.250. The molecule has 184 valence electrons. The molecule has 0 atom stereocenters. The van der Waals surface area contributed by atoms with E-state index in [1.165, 1.54) is 6.26 Å². The summed E-state index contributed by atoms with van der Waals surface area (Å²) in [5.74, 6) is 0.767. The third-order valence-electron chi connectivity index (χ3n) is 6.50. The smallest absolute Gasteiger partial charge is 0.287 e. The van der Waals surface area contributed by atoms with Crippen molar-refractivity contribution in [2.45, 2.75) is 25.8 Å². The Morgan fingerprint density at radius 3 is 2.39 bits per heavy atom. The molecule has 2 amide bonds. The van der Waals surface area contributed by atoms with Gasteiger partial charge in [0.1, 0.15) is 5.75 Å². The highest BCUT2D eigenvalue weighted by Crippen LogP contribution is 2.27. The van der Waals surface area contributed by atoms with E-state index in [0.29, 0.717) is 37.4 Å². The Labute approximate surface area is 209 Å². The second-order valence-corrected chi connectivity index (χ2v) is 8.86. The maximum Gasteiger partial charge on any atom is 0.287 e. The molecule has 1 fully saturated rings. The Morgan fingerprint density at radius 1 is 1.03 bits per heavy atom. The number of furan rings is 1. The van der Waals surface area contributed by atoms with Gasteiger partial charge in [0.25, 0.3) is 11.8 Å². The van der Waals surface area contributed by atoms with E-state index < -0.39 is 0 Å². The quantitative estimate of drug-likeness (QED) is 0.436. The van der Waals surface area contributed by atoms with E-state index in [0.717, 1.165) is 28.3 Å². The van der Waals surface area contributed by atoms with Crippen molar-refractivity contribution in [3.05, 3.63) is 90.0 Å². The summed E-state index contributed by atoms with van der Waals surface area (Å²) in [5.41, 5.74) is 3.82. The van der Waals surface area contributed by atoms with Gasteiger partial charge in [-0.2, -0.15) is 5.10 Å². The van der Waals surface area contributed by atoms with Crippen molar-refractivity contribution in [1.82, 2.24) is 20.0 Å². The molecule has 0 aliphatic carbocycles. The van der Waals surface area contributed by atoms with Gasteiger partial charge in [-0.15, -0.1) is 0 Å². The van der Waals surface area contributed by atoms with Crippen LogP contribution in [0, 0.1) is 6.92 Å². The molecule has 0 bridgehead atoms. The molecular weight excluding hydrogens is 456 g/mol. The number of amides is 2. The normalized spacial score (nSPS) is 14.0. The minimum atomic E-state index is -0.215. The predicted octanol–water partition coefficient (Wildman–Crippen LogP) is 4.48. The standard InChI is InChI=1S/C28H28N4O4/c1-19-14-17-36-26(19)27(33)29-21-12-15-31(16-13-21)28(34)24-18-25(20-8-10-23(35-2)11-9-20)32(30-24)22-6-4-3-5-7-22/h3-11,14,17-18,21H,12-13,15-16H2,1-2H3,(H,29,33). The zero-order chi connectivity index (χ0) is 25.1. The Bertz CT molecular complexity index is 1350. The number of aromatic nitrogens is 2. The lowest BCUT2D eigenvalue weighted by molar-refractivity contribution is 0.0689. The van der Waals surface area contributed by atoms with Crippen molar-refractivity contribution in [2.24, 2.45) is 0 Å². The first-order valence-corrected chi connectivity index (χ1v) is 12.0. The maximum atomic E-state index is 13.4. The molecule has 8 heteroatoms. The summed E-state index contributed by atoms with van der Waals surface area (Å²) in [6.07, 6.45) is 2.85. The lowest BCUT2D eigenvalue weighted by Crippen LogP contribution is -2.46. The Balaban J connectivity index is 1.32. The van der Waals surface area contributed by atoms with Crippen LogP contribution in [-0.4, -0.2) is 52.7 Å². The third-order valence-corrected chi connectivity index (χ3v) is 6.50. The van der Waals surface area contributed by atoms with Crippen LogP contribution in [0.2, 0.25) is 0 Å². The Morgan fingerprint density at radius 2 is 1.75 bits per heavy atom. The first kappa shape index (κ1) is 23.4. The molecule has 3 heterocycles. The first-order chi connectivity index (χ1) is 17.5. The number of carbonyl (C=O) groups is 2. The molecule has 1 N–H and O–H groups in total. The van der Waals surface area contributed by atoms with Gasteiger partial charge in [0.05, 0.1) is 24.8 Å². The van der Waals surface area contributed by atoms with E-state index in [9.17, 15) is 9.59 Å². The summed E-state index contributed by atoms with van der Waals surface area (Å²) in [6.45, 7) is 2.92. The Kier molecular flexibility index (Phi) is 6.58. The molecule has 0 saturated carbocycles. The van der Waals surface area contributed by atoms with Crippen molar-refractivity contribution >= 4 is 11.8 Å². The number of piperidine rings is 1. The van der Waals surface area contributed by atoms with Crippen LogP contribution in [0.1, 0.15) is 39.4 Å². The van der Waals surface area contributed by atoms with Gasteiger partial charge in [0.2, 0.25) is 0 Å². The van der Waals surface area contributed by atoms with Crippen molar-refractivity contribution in [3.63, 3.8) is 0 Å². The topological polar surface area (TPSA) is 89.6 Å². The third kappa shape index (κ3) is 4.75. The number of aryl methyl sites for hydroxylation is 1. The molecule has 2 aromatic heterocycles. The molecule has 4 aromatic rings. The summed E-state index contributed by atoms with van der Waals surface area (Å²) in [7, 11) is 1.63. The van der Waals surface area contributed by atoms with E-state index in [2.05, 4.69) is 5.32 Å². The highest BCUT2D eigenvalue weighted by Gasteiger charge is 2.28. The van der Waals surface area contributed by atoms with Gasteiger partial charge in [-0.25, -0.2) is 4.68 Å². The highest BCUT2D eigenvalue weighted by atomic mass is 16.5. The SMILES string of the molecule is COc1ccc(-c2cc(C(=O)N3CCC(NC(=O)c4occc4C)CC3)nn2-c2ccccc2)cc1. The van der Waals surface area contributed by atoms with Gasteiger partial charge in [-0.1, -0.05) is 18.2 Å². The van der Waals surface area contributed by atoms with Crippen LogP contribution in [0.25, 0.3) is 16.9 Å². The van der Waals surface area contributed by atoms with E-state index in [1.54, 1.807) is 22.8 Å². The van der Waals surface area contributed by atoms with Crippen LogP contribution in [0.3, 0.4) is 0 Å². The van der Waals surface area contributed by atoms with Crippen LogP contribution < -0.4 is 10.1 Å². The number of nitrogens with one attached hydrogen (secondary N) is 1. The van der Waals surface area contributed by atoms with E-state index in [-0.39, 0.29) is 17.9 Å². The number of nitrogens with zero attached hydrogens (tertiary/aromatic N) is 3. The number of hydrogen-bond donors (Lipinski definition) is 1. The summed E-state index contributed by atoms with van der Waals surface area (Å²) < 4.78 is 12.4. The second kappa shape index (κ2) is 10.1. The van der Waals surface area contributed by atoms with Crippen LogP contribution in [0.15, 0.2) is 77.4 Å². The predicted molar refractivity (Wildman–Crippen MR) is 135 cm³/mol. The second-order valence-electron chi connectivity index (χ2n) is 8.86. The fourth-order valence-electron chi connectivity index (χ4n) is 4.46. The monoisotopic (exact) mass is 484 g/mol. The molecule has 0 radical (unpaired) electrons. The van der Waals surface area contributed by atoms with Gasteiger partial charge >= 0.3 is 0 Å². The Hall–Kier alpha value is -4.33. The molecule has 1 aliphatic heterocycles. The van der Waals surface area contributed by atoms with E-state index in [1.807, 2.05) is 67.6 Å². The minimum Gasteiger partial charge on any atom is -0.497 e. The van der Waals surface area contributed by atoms with Crippen LogP contribution in [-0.2, 0) is 0 Å². The van der Waals surface area contributed by atoms with Crippen molar-refractivity contribution in [1.29, 1.82) is 0 Å². The lowest BCUT2D eigenvalue weighted by atomic mass is 10.0. The van der Waals surface area contributed by atoms with Gasteiger partial charge in [0.15, 0.2) is 11.5 Å². The van der Waals surface area contributed by atoms with E-state index >= 15 is 0 Å². The van der Waals surface area contributed by atoms with Crippen molar-refractivity contribution in [2.75, 3.05) is 20.2 Å². The highest BCUT2D eigenvalue weighted by molar-refractivity contribution is 5.94. The van der Waals surface area contributed by atoms with E-state index in [4.69, 9.17) is 14.3 Å². The maximum absolute atomic E-state index is 13.4. The molecule has 5 rings (SSSR count). The number of hydrogen-bond acceptors (Lipinski definition) is 5. The van der Waals surface area contributed by atoms with Crippen LogP contribution >= 0.6 is 0 Å². The number of methoxy groups -OCH3 is 1. The number of likely N-dealkylation sites (tertiary alicyclic amines) is 1. The number of rotatable bonds is 6. The number of ether oxygens (including phenoxy) is 1. The number of benzene rings is 2. The summed E-state index contributed by atoms with van der Waals surface area (Å²) >= 11 is 0. The molecule has 2 aromatic carbocycles. The van der Waals surface area contributed by atoms with Gasteiger partial charge in [0, 0.05) is 30.3 Å². The molecule has 36 heavy (non-hydrogen) atoms. The van der Waals surface area contributed by atoms with Gasteiger partial charge in [-0.05, 0) is 68.3 Å². The van der Waals surface area contributed by atoms with Gasteiger partial charge < -0.3 is 19.4 Å². The largest absolute Gasteiger partial charge is 0.497 e. The number of para-hydroxylation sites is 1.